The van der Waals surface area contributed by atoms with Crippen LogP contribution in [0, 0.1) is 6.92 Å². The Morgan fingerprint density at radius 3 is 2.62 bits per heavy atom. The molecule has 4 rings (SSSR count). The molecule has 3 N–H and O–H groups in total. The quantitative estimate of drug-likeness (QED) is 0.685. The van der Waals surface area contributed by atoms with Gasteiger partial charge in [-0.05, 0) is 54.3 Å². The topological polar surface area (TPSA) is 67.5 Å². The van der Waals surface area contributed by atoms with Gasteiger partial charge in [-0.15, -0.1) is 0 Å². The maximum atomic E-state index is 12.9. The third-order valence-electron chi connectivity index (χ3n) is 5.43. The van der Waals surface area contributed by atoms with Crippen LogP contribution in [-0.4, -0.2) is 18.2 Å². The minimum absolute atomic E-state index is 0.122. The number of hydrogen-bond donors (Lipinski definition) is 2. The zero-order valence-electron chi connectivity index (χ0n) is 16.8. The van der Waals surface area contributed by atoms with Crippen molar-refractivity contribution in [2.45, 2.75) is 26.4 Å². The monoisotopic (exact) mass is 383 g/mol. The number of carbonyl (C=O) groups is 1. The summed E-state index contributed by atoms with van der Waals surface area (Å²) in [5.74, 6) is -0.122. The zero-order chi connectivity index (χ0) is 20.4. The Morgan fingerprint density at radius 1 is 1.03 bits per heavy atom. The average molecular weight is 383 g/mol. The Hall–Kier alpha value is -3.24. The third-order valence-corrected chi connectivity index (χ3v) is 5.43. The molecular weight excluding hydrogens is 358 g/mol. The van der Waals surface area contributed by atoms with Crippen LogP contribution >= 0.6 is 0 Å². The molecule has 0 aliphatic carbocycles. The molecule has 0 spiro atoms. The second-order valence-corrected chi connectivity index (χ2v) is 7.53. The van der Waals surface area contributed by atoms with E-state index >= 15 is 0 Å². The van der Waals surface area contributed by atoms with Gasteiger partial charge in [-0.3, -0.25) is 9.79 Å². The molecule has 1 aliphatic heterocycles. The molecule has 0 aromatic heterocycles. The van der Waals surface area contributed by atoms with Gasteiger partial charge in [0.05, 0.1) is 12.6 Å². The number of hydrogen-bond acceptors (Lipinski definition) is 3. The van der Waals surface area contributed by atoms with E-state index in [2.05, 4.69) is 34.6 Å². The first-order valence-corrected chi connectivity index (χ1v) is 9.87. The predicted molar refractivity (Wildman–Crippen MR) is 118 cm³/mol. The Balaban J connectivity index is 1.58. The van der Waals surface area contributed by atoms with Crippen LogP contribution in [0.2, 0.25) is 0 Å². The van der Waals surface area contributed by atoms with Gasteiger partial charge in [0, 0.05) is 23.4 Å². The third kappa shape index (κ3) is 3.98. The zero-order valence-corrected chi connectivity index (χ0v) is 16.8. The fraction of sp³-hybridized carbons (Fsp3) is 0.200. The van der Waals surface area contributed by atoms with Crippen LogP contribution in [0.3, 0.4) is 0 Å². The van der Waals surface area contributed by atoms with Crippen LogP contribution in [0.25, 0.3) is 11.1 Å². The number of nitrogens with zero attached hydrogens (tertiary/aromatic N) is 1. The molecule has 0 saturated heterocycles. The molecule has 1 atom stereocenters. The van der Waals surface area contributed by atoms with Crippen LogP contribution in [0.5, 0.6) is 0 Å². The Labute approximate surface area is 171 Å². The van der Waals surface area contributed by atoms with E-state index in [1.165, 1.54) is 11.1 Å². The summed E-state index contributed by atoms with van der Waals surface area (Å²) in [4.78, 5) is 17.4. The summed E-state index contributed by atoms with van der Waals surface area (Å²) in [6, 6.07) is 22.0. The lowest BCUT2D eigenvalue weighted by Crippen LogP contribution is -2.33. The van der Waals surface area contributed by atoms with E-state index in [0.717, 1.165) is 34.5 Å². The molecule has 29 heavy (non-hydrogen) atoms. The Kier molecular flexibility index (Phi) is 5.28. The van der Waals surface area contributed by atoms with Crippen molar-refractivity contribution in [3.05, 3.63) is 94.5 Å². The molecular formula is C25H25N3O. The second-order valence-electron chi connectivity index (χ2n) is 7.53. The highest BCUT2D eigenvalue weighted by Crippen LogP contribution is 2.27. The number of rotatable bonds is 5. The van der Waals surface area contributed by atoms with E-state index in [9.17, 15) is 4.79 Å². The summed E-state index contributed by atoms with van der Waals surface area (Å²) in [5.41, 5.74) is 14.3. The molecule has 4 nitrogen and oxygen atoms in total. The number of amides is 1. The standard InChI is InChI=1S/C25H25N3O/c1-16-5-3-7-20(11-16)24(14-26)28-25(29)21-8-4-6-18(12-21)19-9-10-22-15-27-17(2)23(22)13-19/h3-13,24H,14-15,26H2,1-2H3,(H,28,29). The number of aryl methyl sites for hydroxylation is 1. The smallest absolute Gasteiger partial charge is 0.251 e. The van der Waals surface area contributed by atoms with Crippen LogP contribution in [0.15, 0.2) is 71.7 Å². The second kappa shape index (κ2) is 8.02. The summed E-state index contributed by atoms with van der Waals surface area (Å²) in [6.45, 7) is 5.17. The van der Waals surface area contributed by atoms with Crippen molar-refractivity contribution >= 4 is 11.6 Å². The molecule has 3 aromatic carbocycles. The van der Waals surface area contributed by atoms with Crippen molar-refractivity contribution in [2.75, 3.05) is 6.54 Å². The molecule has 1 unspecified atom stereocenters. The van der Waals surface area contributed by atoms with Crippen LogP contribution in [0.4, 0.5) is 0 Å². The lowest BCUT2D eigenvalue weighted by molar-refractivity contribution is 0.0938. The molecule has 1 aliphatic rings. The van der Waals surface area contributed by atoms with Gasteiger partial charge in [-0.1, -0.05) is 54.1 Å². The minimum Gasteiger partial charge on any atom is -0.344 e. The van der Waals surface area contributed by atoms with Crippen LogP contribution in [-0.2, 0) is 6.54 Å². The van der Waals surface area contributed by atoms with Gasteiger partial charge in [0.15, 0.2) is 0 Å². The van der Waals surface area contributed by atoms with Gasteiger partial charge in [-0.2, -0.15) is 0 Å². The molecule has 3 aromatic rings. The molecule has 0 bridgehead atoms. The summed E-state index contributed by atoms with van der Waals surface area (Å²) in [5, 5.41) is 3.07. The highest BCUT2D eigenvalue weighted by Gasteiger charge is 2.16. The van der Waals surface area contributed by atoms with Gasteiger partial charge >= 0.3 is 0 Å². The van der Waals surface area contributed by atoms with Crippen molar-refractivity contribution in [1.29, 1.82) is 0 Å². The number of carbonyl (C=O) groups excluding carboxylic acids is 1. The summed E-state index contributed by atoms with van der Waals surface area (Å²) >= 11 is 0. The largest absolute Gasteiger partial charge is 0.344 e. The van der Waals surface area contributed by atoms with Gasteiger partial charge < -0.3 is 11.1 Å². The first-order valence-electron chi connectivity index (χ1n) is 9.87. The van der Waals surface area contributed by atoms with E-state index in [0.29, 0.717) is 12.1 Å². The molecule has 0 saturated carbocycles. The Morgan fingerprint density at radius 2 is 1.83 bits per heavy atom. The average Bonchev–Trinajstić information content (AvgIpc) is 3.12. The summed E-state index contributed by atoms with van der Waals surface area (Å²) in [7, 11) is 0. The van der Waals surface area contributed by atoms with Crippen molar-refractivity contribution in [3.8, 4) is 11.1 Å². The minimum atomic E-state index is -0.218. The number of fused-ring (bicyclic) bond motifs is 1. The van der Waals surface area contributed by atoms with Crippen LogP contribution in [0.1, 0.15) is 45.6 Å². The summed E-state index contributed by atoms with van der Waals surface area (Å²) < 4.78 is 0. The highest BCUT2D eigenvalue weighted by atomic mass is 16.1. The van der Waals surface area contributed by atoms with E-state index in [1.807, 2.05) is 56.3 Å². The summed E-state index contributed by atoms with van der Waals surface area (Å²) in [6.07, 6.45) is 0. The van der Waals surface area contributed by atoms with Crippen molar-refractivity contribution in [3.63, 3.8) is 0 Å². The normalized spacial score (nSPS) is 13.6. The highest BCUT2D eigenvalue weighted by molar-refractivity contribution is 6.03. The number of nitrogens with two attached hydrogens (primary N) is 1. The first-order chi connectivity index (χ1) is 14.0. The van der Waals surface area contributed by atoms with Gasteiger partial charge in [0.2, 0.25) is 0 Å². The number of benzene rings is 3. The molecule has 0 fully saturated rings. The van der Waals surface area contributed by atoms with Gasteiger partial charge in [-0.25, -0.2) is 0 Å². The number of aliphatic imine (C=N–C) groups is 1. The molecule has 0 radical (unpaired) electrons. The maximum Gasteiger partial charge on any atom is 0.251 e. The maximum absolute atomic E-state index is 12.9. The fourth-order valence-electron chi connectivity index (χ4n) is 3.77. The molecule has 146 valence electrons. The van der Waals surface area contributed by atoms with Crippen molar-refractivity contribution < 1.29 is 4.79 Å². The molecule has 1 heterocycles. The lowest BCUT2D eigenvalue weighted by Gasteiger charge is -2.18. The van der Waals surface area contributed by atoms with E-state index in [1.54, 1.807) is 0 Å². The van der Waals surface area contributed by atoms with E-state index < -0.39 is 0 Å². The van der Waals surface area contributed by atoms with Gasteiger partial charge in [0.1, 0.15) is 0 Å². The van der Waals surface area contributed by atoms with E-state index in [4.69, 9.17) is 5.73 Å². The first kappa shape index (κ1) is 19.1. The molecule has 1 amide bonds. The van der Waals surface area contributed by atoms with Crippen LogP contribution < -0.4 is 11.1 Å². The van der Waals surface area contributed by atoms with Crippen molar-refractivity contribution in [1.82, 2.24) is 5.32 Å². The predicted octanol–water partition coefficient (Wildman–Crippen LogP) is 4.41. The SMILES string of the molecule is CC1=NCc2ccc(-c3cccc(C(=O)NC(CN)c4cccc(C)c4)c3)cc21. The van der Waals surface area contributed by atoms with Gasteiger partial charge in [0.25, 0.3) is 5.91 Å². The lowest BCUT2D eigenvalue weighted by atomic mass is 9.97. The van der Waals surface area contributed by atoms with E-state index in [-0.39, 0.29) is 11.9 Å². The molecule has 4 heteroatoms. The van der Waals surface area contributed by atoms with Crippen molar-refractivity contribution in [2.24, 2.45) is 10.7 Å². The number of nitrogens with one attached hydrogen (secondary N) is 1. The fourth-order valence-corrected chi connectivity index (χ4v) is 3.77. The Bertz CT molecular complexity index is 1100.